The maximum absolute atomic E-state index is 5.95. The highest BCUT2D eigenvalue weighted by atomic mass is 16.3. The van der Waals surface area contributed by atoms with Crippen LogP contribution in [0.1, 0.15) is 64.9 Å². The van der Waals surface area contributed by atoms with Gasteiger partial charge in [-0.3, -0.25) is 4.90 Å². The SMILES string of the molecule is CCCCN(CCCC)Cc1ccc(CNCC(C)C)o1. The van der Waals surface area contributed by atoms with Gasteiger partial charge < -0.3 is 9.73 Å². The van der Waals surface area contributed by atoms with Crippen LogP contribution in [0.2, 0.25) is 0 Å². The molecular formula is C18H34N2O. The van der Waals surface area contributed by atoms with Crippen LogP contribution in [-0.4, -0.2) is 24.5 Å². The van der Waals surface area contributed by atoms with E-state index in [4.69, 9.17) is 4.42 Å². The van der Waals surface area contributed by atoms with Crippen molar-refractivity contribution in [1.29, 1.82) is 0 Å². The van der Waals surface area contributed by atoms with Gasteiger partial charge in [0.2, 0.25) is 0 Å². The largest absolute Gasteiger partial charge is 0.463 e. The van der Waals surface area contributed by atoms with Crippen LogP contribution in [0.15, 0.2) is 16.5 Å². The molecule has 1 aromatic rings. The van der Waals surface area contributed by atoms with Crippen LogP contribution < -0.4 is 5.32 Å². The van der Waals surface area contributed by atoms with Crippen molar-refractivity contribution in [2.75, 3.05) is 19.6 Å². The van der Waals surface area contributed by atoms with Gasteiger partial charge in [0.05, 0.1) is 13.1 Å². The van der Waals surface area contributed by atoms with Crippen molar-refractivity contribution < 1.29 is 4.42 Å². The predicted molar refractivity (Wildman–Crippen MR) is 90.3 cm³/mol. The molecular weight excluding hydrogens is 260 g/mol. The normalized spacial score (nSPS) is 11.7. The Balaban J connectivity index is 2.41. The van der Waals surface area contributed by atoms with Crippen molar-refractivity contribution in [3.05, 3.63) is 23.7 Å². The smallest absolute Gasteiger partial charge is 0.118 e. The van der Waals surface area contributed by atoms with Crippen molar-refractivity contribution in [1.82, 2.24) is 10.2 Å². The zero-order valence-corrected chi connectivity index (χ0v) is 14.5. The molecule has 122 valence electrons. The van der Waals surface area contributed by atoms with Gasteiger partial charge in [0.25, 0.3) is 0 Å². The molecule has 1 rings (SSSR count). The topological polar surface area (TPSA) is 28.4 Å². The highest BCUT2D eigenvalue weighted by Crippen LogP contribution is 2.12. The Labute approximate surface area is 131 Å². The maximum Gasteiger partial charge on any atom is 0.118 e. The van der Waals surface area contributed by atoms with E-state index in [1.54, 1.807) is 0 Å². The molecule has 1 N–H and O–H groups in total. The lowest BCUT2D eigenvalue weighted by atomic mass is 10.2. The summed E-state index contributed by atoms with van der Waals surface area (Å²) in [6.45, 7) is 14.1. The molecule has 1 heterocycles. The highest BCUT2D eigenvalue weighted by molar-refractivity contribution is 5.07. The lowest BCUT2D eigenvalue weighted by Gasteiger charge is -2.20. The number of nitrogens with zero attached hydrogens (tertiary/aromatic N) is 1. The van der Waals surface area contributed by atoms with E-state index >= 15 is 0 Å². The number of hydrogen-bond acceptors (Lipinski definition) is 3. The van der Waals surface area contributed by atoms with Gasteiger partial charge in [-0.1, -0.05) is 40.5 Å². The first-order valence-corrected chi connectivity index (χ1v) is 8.66. The van der Waals surface area contributed by atoms with Crippen molar-refractivity contribution in [3.8, 4) is 0 Å². The Hall–Kier alpha value is -0.800. The quantitative estimate of drug-likeness (QED) is 0.618. The molecule has 0 unspecified atom stereocenters. The van der Waals surface area contributed by atoms with E-state index in [0.717, 1.165) is 31.2 Å². The van der Waals surface area contributed by atoms with Crippen LogP contribution in [0.5, 0.6) is 0 Å². The lowest BCUT2D eigenvalue weighted by Crippen LogP contribution is -2.25. The van der Waals surface area contributed by atoms with Gasteiger partial charge in [0.15, 0.2) is 0 Å². The Kier molecular flexibility index (Phi) is 9.44. The Morgan fingerprint density at radius 2 is 1.67 bits per heavy atom. The molecule has 0 bridgehead atoms. The van der Waals surface area contributed by atoms with Gasteiger partial charge in [-0.2, -0.15) is 0 Å². The number of unbranched alkanes of at least 4 members (excludes halogenated alkanes) is 2. The van der Waals surface area contributed by atoms with Gasteiger partial charge >= 0.3 is 0 Å². The van der Waals surface area contributed by atoms with E-state index in [9.17, 15) is 0 Å². The maximum atomic E-state index is 5.95. The first-order chi connectivity index (χ1) is 10.2. The molecule has 0 aromatic carbocycles. The Morgan fingerprint density at radius 3 is 2.24 bits per heavy atom. The number of rotatable bonds is 12. The Morgan fingerprint density at radius 1 is 1.05 bits per heavy atom. The summed E-state index contributed by atoms with van der Waals surface area (Å²) < 4.78 is 5.95. The third-order valence-corrected chi connectivity index (χ3v) is 3.60. The highest BCUT2D eigenvalue weighted by Gasteiger charge is 2.09. The molecule has 0 fully saturated rings. The minimum Gasteiger partial charge on any atom is -0.463 e. The second kappa shape index (κ2) is 10.9. The molecule has 0 saturated carbocycles. The molecule has 0 spiro atoms. The van der Waals surface area contributed by atoms with Crippen LogP contribution >= 0.6 is 0 Å². The average molecular weight is 294 g/mol. The third kappa shape index (κ3) is 8.27. The predicted octanol–water partition coefficient (Wildman–Crippen LogP) is 4.43. The van der Waals surface area contributed by atoms with Gasteiger partial charge in [-0.05, 0) is 50.5 Å². The van der Waals surface area contributed by atoms with Crippen LogP contribution in [0.25, 0.3) is 0 Å². The summed E-state index contributed by atoms with van der Waals surface area (Å²) in [6, 6.07) is 4.25. The summed E-state index contributed by atoms with van der Waals surface area (Å²) in [4.78, 5) is 2.52. The van der Waals surface area contributed by atoms with Crippen molar-refractivity contribution in [2.45, 2.75) is 66.5 Å². The van der Waals surface area contributed by atoms with Crippen molar-refractivity contribution in [3.63, 3.8) is 0 Å². The molecule has 3 nitrogen and oxygen atoms in total. The van der Waals surface area contributed by atoms with E-state index in [0.29, 0.717) is 5.92 Å². The monoisotopic (exact) mass is 294 g/mol. The van der Waals surface area contributed by atoms with Gasteiger partial charge in [0, 0.05) is 0 Å². The summed E-state index contributed by atoms with van der Waals surface area (Å²) in [5.74, 6) is 2.83. The molecule has 21 heavy (non-hydrogen) atoms. The Bertz CT molecular complexity index is 352. The number of nitrogens with one attached hydrogen (secondary N) is 1. The fraction of sp³-hybridized carbons (Fsp3) is 0.778. The van der Waals surface area contributed by atoms with E-state index in [2.05, 4.69) is 50.0 Å². The molecule has 0 aliphatic rings. The average Bonchev–Trinajstić information content (AvgIpc) is 2.89. The van der Waals surface area contributed by atoms with E-state index in [1.807, 2.05) is 0 Å². The summed E-state index contributed by atoms with van der Waals surface area (Å²) in [5.41, 5.74) is 0. The first kappa shape index (κ1) is 18.2. The van der Waals surface area contributed by atoms with Gasteiger partial charge in [0.1, 0.15) is 11.5 Å². The zero-order valence-electron chi connectivity index (χ0n) is 14.5. The second-order valence-corrected chi connectivity index (χ2v) is 6.38. The molecule has 0 atom stereocenters. The van der Waals surface area contributed by atoms with E-state index in [1.165, 1.54) is 38.8 Å². The van der Waals surface area contributed by atoms with E-state index < -0.39 is 0 Å². The molecule has 3 heteroatoms. The van der Waals surface area contributed by atoms with Crippen LogP contribution in [0.4, 0.5) is 0 Å². The zero-order chi connectivity index (χ0) is 15.5. The minimum absolute atomic E-state index is 0.679. The van der Waals surface area contributed by atoms with E-state index in [-0.39, 0.29) is 0 Å². The minimum atomic E-state index is 0.679. The summed E-state index contributed by atoms with van der Waals surface area (Å²) in [6.07, 6.45) is 5.05. The van der Waals surface area contributed by atoms with Crippen LogP contribution in [0.3, 0.4) is 0 Å². The molecule has 0 aliphatic heterocycles. The summed E-state index contributed by atoms with van der Waals surface area (Å²) in [5, 5.41) is 3.43. The molecule has 0 amide bonds. The van der Waals surface area contributed by atoms with Gasteiger partial charge in [-0.25, -0.2) is 0 Å². The number of furan rings is 1. The third-order valence-electron chi connectivity index (χ3n) is 3.60. The standard InChI is InChI=1S/C18H34N2O/c1-5-7-11-20(12-8-6-2)15-18-10-9-17(21-18)14-19-13-16(3)4/h9-10,16,19H,5-8,11-15H2,1-4H3. The fourth-order valence-electron chi connectivity index (χ4n) is 2.34. The first-order valence-electron chi connectivity index (χ1n) is 8.66. The van der Waals surface area contributed by atoms with Gasteiger partial charge in [-0.15, -0.1) is 0 Å². The summed E-state index contributed by atoms with van der Waals surface area (Å²) in [7, 11) is 0. The van der Waals surface area contributed by atoms with Crippen LogP contribution in [0, 0.1) is 5.92 Å². The summed E-state index contributed by atoms with van der Waals surface area (Å²) >= 11 is 0. The molecule has 0 aliphatic carbocycles. The second-order valence-electron chi connectivity index (χ2n) is 6.38. The fourth-order valence-corrected chi connectivity index (χ4v) is 2.34. The number of hydrogen-bond donors (Lipinski definition) is 1. The molecule has 0 saturated heterocycles. The molecule has 0 radical (unpaired) electrons. The molecule has 1 aromatic heterocycles. The van der Waals surface area contributed by atoms with Crippen molar-refractivity contribution >= 4 is 0 Å². The van der Waals surface area contributed by atoms with Crippen LogP contribution in [-0.2, 0) is 13.1 Å². The van der Waals surface area contributed by atoms with Crippen molar-refractivity contribution in [2.24, 2.45) is 5.92 Å². The lowest BCUT2D eigenvalue weighted by molar-refractivity contribution is 0.234.